The molecule has 3 heteroatoms. The standard InChI is InChI=1S/C9H15N3/c1-3-11-7-9-6-8(10-2)4-5-12-9/h4-6,11H,3,7H2,1-2H3,(H,10,12). The molecule has 1 rings (SSSR count). The van der Waals surface area contributed by atoms with E-state index < -0.39 is 0 Å². The van der Waals surface area contributed by atoms with Gasteiger partial charge in [0.2, 0.25) is 0 Å². The Hall–Kier alpha value is -1.09. The molecule has 1 aromatic heterocycles. The Morgan fingerprint density at radius 3 is 3.00 bits per heavy atom. The number of nitrogens with one attached hydrogen (secondary N) is 2. The highest BCUT2D eigenvalue weighted by Crippen LogP contribution is 2.05. The summed E-state index contributed by atoms with van der Waals surface area (Å²) in [6.07, 6.45) is 1.82. The summed E-state index contributed by atoms with van der Waals surface area (Å²) in [5.41, 5.74) is 2.18. The first kappa shape index (κ1) is 9.00. The maximum absolute atomic E-state index is 4.22. The van der Waals surface area contributed by atoms with Gasteiger partial charge in [0, 0.05) is 25.5 Å². The van der Waals surface area contributed by atoms with Gasteiger partial charge < -0.3 is 10.6 Å². The third-order valence-electron chi connectivity index (χ3n) is 1.66. The van der Waals surface area contributed by atoms with Gasteiger partial charge in [-0.3, -0.25) is 4.98 Å². The monoisotopic (exact) mass is 165 g/mol. The van der Waals surface area contributed by atoms with E-state index >= 15 is 0 Å². The van der Waals surface area contributed by atoms with Crippen LogP contribution in [0.1, 0.15) is 12.6 Å². The van der Waals surface area contributed by atoms with Crippen molar-refractivity contribution in [2.24, 2.45) is 0 Å². The van der Waals surface area contributed by atoms with Gasteiger partial charge in [-0.2, -0.15) is 0 Å². The van der Waals surface area contributed by atoms with Crippen LogP contribution in [0, 0.1) is 0 Å². The van der Waals surface area contributed by atoms with Gasteiger partial charge in [0.25, 0.3) is 0 Å². The molecule has 0 unspecified atom stereocenters. The number of anilines is 1. The predicted octanol–water partition coefficient (Wildman–Crippen LogP) is 1.23. The van der Waals surface area contributed by atoms with Crippen LogP contribution < -0.4 is 10.6 Å². The summed E-state index contributed by atoms with van der Waals surface area (Å²) in [4.78, 5) is 4.22. The molecule has 0 saturated carbocycles. The fourth-order valence-corrected chi connectivity index (χ4v) is 0.983. The van der Waals surface area contributed by atoms with Crippen LogP contribution in [0.4, 0.5) is 5.69 Å². The molecule has 0 atom stereocenters. The van der Waals surface area contributed by atoms with Crippen LogP contribution in [-0.2, 0) is 6.54 Å². The molecule has 3 nitrogen and oxygen atoms in total. The van der Waals surface area contributed by atoms with Crippen LogP contribution in [0.15, 0.2) is 18.3 Å². The van der Waals surface area contributed by atoms with Crippen LogP contribution in [0.3, 0.4) is 0 Å². The van der Waals surface area contributed by atoms with Crippen LogP contribution in [0.2, 0.25) is 0 Å². The highest BCUT2D eigenvalue weighted by Gasteiger charge is 1.93. The van der Waals surface area contributed by atoms with Gasteiger partial charge in [0.1, 0.15) is 0 Å². The van der Waals surface area contributed by atoms with Crippen LogP contribution in [-0.4, -0.2) is 18.6 Å². The van der Waals surface area contributed by atoms with Crippen molar-refractivity contribution in [1.82, 2.24) is 10.3 Å². The molecular weight excluding hydrogens is 150 g/mol. The Balaban J connectivity index is 2.60. The normalized spacial score (nSPS) is 9.83. The van der Waals surface area contributed by atoms with Crippen LogP contribution >= 0.6 is 0 Å². The summed E-state index contributed by atoms with van der Waals surface area (Å²) in [6.45, 7) is 3.90. The summed E-state index contributed by atoms with van der Waals surface area (Å²) in [7, 11) is 1.91. The Labute approximate surface area is 73.2 Å². The van der Waals surface area contributed by atoms with Crippen molar-refractivity contribution >= 4 is 5.69 Å². The minimum absolute atomic E-state index is 0.839. The Morgan fingerprint density at radius 1 is 1.50 bits per heavy atom. The smallest absolute Gasteiger partial charge is 0.0562 e. The molecule has 0 spiro atoms. The Bertz CT molecular complexity index is 235. The van der Waals surface area contributed by atoms with E-state index in [1.807, 2.05) is 25.4 Å². The van der Waals surface area contributed by atoms with E-state index in [0.717, 1.165) is 24.5 Å². The lowest BCUT2D eigenvalue weighted by molar-refractivity contribution is 0.711. The number of aromatic nitrogens is 1. The van der Waals surface area contributed by atoms with Crippen molar-refractivity contribution in [3.05, 3.63) is 24.0 Å². The van der Waals surface area contributed by atoms with Crippen molar-refractivity contribution in [1.29, 1.82) is 0 Å². The number of hydrogen-bond acceptors (Lipinski definition) is 3. The Kier molecular flexibility index (Phi) is 3.54. The molecule has 12 heavy (non-hydrogen) atoms. The van der Waals surface area contributed by atoms with Gasteiger partial charge in [0.05, 0.1) is 5.69 Å². The Morgan fingerprint density at radius 2 is 2.33 bits per heavy atom. The van der Waals surface area contributed by atoms with Gasteiger partial charge in [0.15, 0.2) is 0 Å². The van der Waals surface area contributed by atoms with Crippen molar-refractivity contribution in [3.63, 3.8) is 0 Å². The molecule has 0 saturated heterocycles. The molecule has 2 N–H and O–H groups in total. The van der Waals surface area contributed by atoms with Crippen LogP contribution in [0.5, 0.6) is 0 Å². The zero-order valence-electron chi connectivity index (χ0n) is 7.59. The quantitative estimate of drug-likeness (QED) is 0.704. The molecule has 0 aliphatic carbocycles. The first-order valence-electron chi connectivity index (χ1n) is 4.20. The minimum Gasteiger partial charge on any atom is -0.388 e. The largest absolute Gasteiger partial charge is 0.388 e. The van der Waals surface area contributed by atoms with Crippen molar-refractivity contribution in [2.45, 2.75) is 13.5 Å². The number of pyridine rings is 1. The average Bonchev–Trinajstić information content (AvgIpc) is 2.15. The minimum atomic E-state index is 0.839. The third kappa shape index (κ3) is 2.51. The number of nitrogens with zero attached hydrogens (tertiary/aromatic N) is 1. The predicted molar refractivity (Wildman–Crippen MR) is 51.2 cm³/mol. The van der Waals surface area contributed by atoms with E-state index in [1.54, 1.807) is 0 Å². The summed E-state index contributed by atoms with van der Waals surface area (Å²) in [6, 6.07) is 4.00. The topological polar surface area (TPSA) is 37.0 Å². The zero-order valence-corrected chi connectivity index (χ0v) is 7.59. The lowest BCUT2D eigenvalue weighted by Gasteiger charge is -2.03. The van der Waals surface area contributed by atoms with E-state index in [1.165, 1.54) is 0 Å². The van der Waals surface area contributed by atoms with Gasteiger partial charge >= 0.3 is 0 Å². The molecule has 0 bridgehead atoms. The van der Waals surface area contributed by atoms with Crippen molar-refractivity contribution in [2.75, 3.05) is 18.9 Å². The highest BCUT2D eigenvalue weighted by molar-refractivity contribution is 5.42. The molecule has 0 amide bonds. The van der Waals surface area contributed by atoms with Crippen molar-refractivity contribution < 1.29 is 0 Å². The maximum atomic E-state index is 4.22. The first-order chi connectivity index (χ1) is 5.86. The second-order valence-electron chi connectivity index (χ2n) is 2.57. The molecule has 0 aliphatic heterocycles. The van der Waals surface area contributed by atoms with E-state index in [-0.39, 0.29) is 0 Å². The number of hydrogen-bond donors (Lipinski definition) is 2. The highest BCUT2D eigenvalue weighted by atomic mass is 14.9. The van der Waals surface area contributed by atoms with Crippen LogP contribution in [0.25, 0.3) is 0 Å². The molecular formula is C9H15N3. The van der Waals surface area contributed by atoms with E-state index in [9.17, 15) is 0 Å². The SMILES string of the molecule is CCNCc1cc(NC)ccn1. The zero-order chi connectivity index (χ0) is 8.81. The lowest BCUT2D eigenvalue weighted by atomic mass is 10.3. The summed E-state index contributed by atoms with van der Waals surface area (Å²) >= 11 is 0. The lowest BCUT2D eigenvalue weighted by Crippen LogP contribution is -2.12. The molecule has 0 aliphatic rings. The van der Waals surface area contributed by atoms with Gasteiger partial charge in [-0.05, 0) is 18.7 Å². The summed E-state index contributed by atoms with van der Waals surface area (Å²) in [5, 5.41) is 6.30. The van der Waals surface area contributed by atoms with Crippen molar-refractivity contribution in [3.8, 4) is 0 Å². The molecule has 1 heterocycles. The summed E-state index contributed by atoms with van der Waals surface area (Å²) in [5.74, 6) is 0. The fraction of sp³-hybridized carbons (Fsp3) is 0.444. The molecule has 0 aromatic carbocycles. The molecule has 1 aromatic rings. The summed E-state index contributed by atoms with van der Waals surface area (Å²) < 4.78 is 0. The maximum Gasteiger partial charge on any atom is 0.0562 e. The molecule has 66 valence electrons. The third-order valence-corrected chi connectivity index (χ3v) is 1.66. The van der Waals surface area contributed by atoms with Gasteiger partial charge in [-0.25, -0.2) is 0 Å². The van der Waals surface area contributed by atoms with Gasteiger partial charge in [-0.15, -0.1) is 0 Å². The van der Waals surface area contributed by atoms with E-state index in [0.29, 0.717) is 0 Å². The number of rotatable bonds is 4. The second-order valence-corrected chi connectivity index (χ2v) is 2.57. The fourth-order valence-electron chi connectivity index (χ4n) is 0.983. The van der Waals surface area contributed by atoms with E-state index in [2.05, 4.69) is 22.5 Å². The first-order valence-corrected chi connectivity index (χ1v) is 4.20. The second kappa shape index (κ2) is 4.72. The van der Waals surface area contributed by atoms with E-state index in [4.69, 9.17) is 0 Å². The van der Waals surface area contributed by atoms with Gasteiger partial charge in [-0.1, -0.05) is 6.92 Å². The molecule has 0 fully saturated rings. The molecule has 0 radical (unpaired) electrons. The average molecular weight is 165 g/mol.